The molecule has 0 aliphatic heterocycles. The quantitative estimate of drug-likeness (QED) is 0.773. The fourth-order valence-corrected chi connectivity index (χ4v) is 0.957. The average Bonchev–Trinajstić information content (AvgIpc) is 2.72. The molecule has 5 nitrogen and oxygen atoms in total. The van der Waals surface area contributed by atoms with Gasteiger partial charge in [-0.1, -0.05) is 0 Å². The Morgan fingerprint density at radius 2 is 2.29 bits per heavy atom. The van der Waals surface area contributed by atoms with Gasteiger partial charge in [0, 0.05) is 6.20 Å². The van der Waals surface area contributed by atoms with Gasteiger partial charge in [-0.2, -0.15) is 0 Å². The van der Waals surface area contributed by atoms with E-state index in [0.29, 0.717) is 5.69 Å². The van der Waals surface area contributed by atoms with Crippen LogP contribution in [0.25, 0.3) is 0 Å². The lowest BCUT2D eigenvalue weighted by molar-refractivity contribution is 0.0996. The largest absolute Gasteiger partial charge is 0.438 e. The molecule has 0 aliphatic rings. The first-order valence-electron chi connectivity index (χ1n) is 3.96. The number of pyridine rings is 1. The summed E-state index contributed by atoms with van der Waals surface area (Å²) in [4.78, 5) is 18.9. The van der Waals surface area contributed by atoms with Crippen LogP contribution in [-0.4, -0.2) is 15.9 Å². The molecule has 2 heterocycles. The molecule has 2 rings (SSSR count). The number of aromatic nitrogens is 2. The molecular formula is C9H7N3O2. The predicted octanol–water partition coefficient (Wildman–Crippen LogP) is 1.32. The zero-order valence-electron chi connectivity index (χ0n) is 7.18. The summed E-state index contributed by atoms with van der Waals surface area (Å²) in [5, 5.41) is 2.61. The smallest absolute Gasteiger partial charge is 0.293 e. The summed E-state index contributed by atoms with van der Waals surface area (Å²) in [6, 6.07) is 3.47. The van der Waals surface area contributed by atoms with Crippen LogP contribution in [0.15, 0.2) is 41.5 Å². The zero-order chi connectivity index (χ0) is 9.80. The molecule has 0 saturated heterocycles. The third kappa shape index (κ3) is 1.77. The molecule has 0 saturated carbocycles. The third-order valence-electron chi connectivity index (χ3n) is 1.58. The van der Waals surface area contributed by atoms with Gasteiger partial charge in [-0.25, -0.2) is 4.98 Å². The van der Waals surface area contributed by atoms with Crippen molar-refractivity contribution in [2.75, 3.05) is 5.32 Å². The van der Waals surface area contributed by atoms with E-state index >= 15 is 0 Å². The highest BCUT2D eigenvalue weighted by Crippen LogP contribution is 2.05. The van der Waals surface area contributed by atoms with Gasteiger partial charge in [0.1, 0.15) is 0 Å². The molecule has 0 bridgehead atoms. The number of nitrogens with one attached hydrogen (secondary N) is 1. The number of hydrogen-bond donors (Lipinski definition) is 1. The van der Waals surface area contributed by atoms with Gasteiger partial charge in [0.15, 0.2) is 6.39 Å². The van der Waals surface area contributed by atoms with E-state index in [1.807, 2.05) is 0 Å². The average molecular weight is 189 g/mol. The van der Waals surface area contributed by atoms with E-state index in [1.54, 1.807) is 24.5 Å². The number of anilines is 1. The van der Waals surface area contributed by atoms with Crippen LogP contribution in [-0.2, 0) is 0 Å². The van der Waals surface area contributed by atoms with E-state index in [1.165, 1.54) is 12.6 Å². The van der Waals surface area contributed by atoms with E-state index in [0.717, 1.165) is 0 Å². The fourth-order valence-electron chi connectivity index (χ4n) is 0.957. The van der Waals surface area contributed by atoms with E-state index in [2.05, 4.69) is 15.3 Å². The van der Waals surface area contributed by atoms with Crippen molar-refractivity contribution in [2.24, 2.45) is 0 Å². The van der Waals surface area contributed by atoms with Crippen LogP contribution in [0.5, 0.6) is 0 Å². The minimum absolute atomic E-state index is 0.175. The summed E-state index contributed by atoms with van der Waals surface area (Å²) in [5.41, 5.74) is 0.619. The molecule has 0 radical (unpaired) electrons. The lowest BCUT2D eigenvalue weighted by Gasteiger charge is -2.00. The van der Waals surface area contributed by atoms with E-state index < -0.39 is 0 Å². The molecule has 14 heavy (non-hydrogen) atoms. The Balaban J connectivity index is 2.10. The van der Waals surface area contributed by atoms with Crippen molar-refractivity contribution in [1.82, 2.24) is 9.97 Å². The van der Waals surface area contributed by atoms with E-state index in [-0.39, 0.29) is 11.7 Å². The minimum atomic E-state index is -0.337. The molecule has 1 N–H and O–H groups in total. The highest BCUT2D eigenvalue weighted by atomic mass is 16.3. The molecule has 0 aliphatic carbocycles. The first kappa shape index (κ1) is 8.43. The summed E-state index contributed by atoms with van der Waals surface area (Å²) in [6.07, 6.45) is 5.74. The number of oxazole rings is 1. The first-order chi connectivity index (χ1) is 6.86. The maximum Gasteiger partial charge on any atom is 0.293 e. The Bertz CT molecular complexity index is 411. The van der Waals surface area contributed by atoms with Crippen LogP contribution in [0.1, 0.15) is 10.6 Å². The van der Waals surface area contributed by atoms with Crippen molar-refractivity contribution >= 4 is 11.6 Å². The minimum Gasteiger partial charge on any atom is -0.438 e. The van der Waals surface area contributed by atoms with Crippen molar-refractivity contribution in [3.63, 3.8) is 0 Å². The summed E-state index contributed by atoms with van der Waals surface area (Å²) < 4.78 is 4.82. The molecule has 0 aromatic carbocycles. The lowest BCUT2D eigenvalue weighted by Crippen LogP contribution is -2.10. The molecule has 1 amide bonds. The molecule has 2 aromatic heterocycles. The van der Waals surface area contributed by atoms with Crippen molar-refractivity contribution in [2.45, 2.75) is 0 Å². The van der Waals surface area contributed by atoms with Gasteiger partial charge in [-0.3, -0.25) is 9.78 Å². The normalized spacial score (nSPS) is 9.71. The molecule has 2 aromatic rings. The zero-order valence-corrected chi connectivity index (χ0v) is 7.18. The summed E-state index contributed by atoms with van der Waals surface area (Å²) in [7, 11) is 0. The molecule has 0 unspecified atom stereocenters. The predicted molar refractivity (Wildman–Crippen MR) is 48.7 cm³/mol. The van der Waals surface area contributed by atoms with Crippen LogP contribution in [0.3, 0.4) is 0 Å². The van der Waals surface area contributed by atoms with Crippen LogP contribution in [0, 0.1) is 0 Å². The molecule has 5 heteroatoms. The Kier molecular flexibility index (Phi) is 2.22. The lowest BCUT2D eigenvalue weighted by atomic mass is 10.4. The highest BCUT2D eigenvalue weighted by molar-refractivity contribution is 6.01. The number of amides is 1. The van der Waals surface area contributed by atoms with Gasteiger partial charge in [-0.05, 0) is 12.1 Å². The molecule has 0 fully saturated rings. The van der Waals surface area contributed by atoms with E-state index in [4.69, 9.17) is 4.42 Å². The van der Waals surface area contributed by atoms with Gasteiger partial charge in [-0.15, -0.1) is 0 Å². The van der Waals surface area contributed by atoms with Gasteiger partial charge < -0.3 is 9.73 Å². The van der Waals surface area contributed by atoms with Gasteiger partial charge >= 0.3 is 0 Å². The van der Waals surface area contributed by atoms with Crippen LogP contribution in [0.2, 0.25) is 0 Å². The number of carbonyl (C=O) groups is 1. The number of rotatable bonds is 2. The second-order valence-corrected chi connectivity index (χ2v) is 2.56. The maximum absolute atomic E-state index is 11.4. The highest BCUT2D eigenvalue weighted by Gasteiger charge is 2.08. The van der Waals surface area contributed by atoms with Crippen molar-refractivity contribution < 1.29 is 9.21 Å². The Hall–Kier alpha value is -2.17. The van der Waals surface area contributed by atoms with Crippen molar-refractivity contribution in [3.05, 3.63) is 42.9 Å². The van der Waals surface area contributed by atoms with Crippen LogP contribution < -0.4 is 5.32 Å². The maximum atomic E-state index is 11.4. The Morgan fingerprint density at radius 3 is 2.93 bits per heavy atom. The second kappa shape index (κ2) is 3.69. The Morgan fingerprint density at radius 1 is 1.36 bits per heavy atom. The topological polar surface area (TPSA) is 68.0 Å². The molecular weight excluding hydrogens is 182 g/mol. The van der Waals surface area contributed by atoms with Crippen molar-refractivity contribution in [1.29, 1.82) is 0 Å². The van der Waals surface area contributed by atoms with Crippen LogP contribution in [0.4, 0.5) is 5.69 Å². The van der Waals surface area contributed by atoms with Gasteiger partial charge in [0.25, 0.3) is 5.91 Å². The Labute approximate surface area is 79.8 Å². The monoisotopic (exact) mass is 189 g/mol. The molecule has 70 valence electrons. The van der Waals surface area contributed by atoms with Gasteiger partial charge in [0.05, 0.1) is 18.1 Å². The first-order valence-corrected chi connectivity index (χ1v) is 3.96. The molecule has 0 atom stereocenters. The fraction of sp³-hybridized carbons (Fsp3) is 0. The molecule has 0 spiro atoms. The van der Waals surface area contributed by atoms with Gasteiger partial charge in [0.2, 0.25) is 5.76 Å². The van der Waals surface area contributed by atoms with Crippen molar-refractivity contribution in [3.8, 4) is 0 Å². The number of carbonyl (C=O) groups excluding carboxylic acids is 1. The summed E-state index contributed by atoms with van der Waals surface area (Å²) in [5.74, 6) is -0.163. The SMILES string of the molecule is O=C(Nc1cccnc1)c1cnco1. The second-order valence-electron chi connectivity index (χ2n) is 2.56. The summed E-state index contributed by atoms with van der Waals surface area (Å²) in [6.45, 7) is 0. The number of hydrogen-bond acceptors (Lipinski definition) is 4. The van der Waals surface area contributed by atoms with E-state index in [9.17, 15) is 4.79 Å². The summed E-state index contributed by atoms with van der Waals surface area (Å²) >= 11 is 0. The number of nitrogens with zero attached hydrogens (tertiary/aromatic N) is 2. The third-order valence-corrected chi connectivity index (χ3v) is 1.58. The van der Waals surface area contributed by atoms with Crippen LogP contribution >= 0.6 is 0 Å². The standard InChI is InChI=1S/C9H7N3O2/c13-9(8-5-11-6-14-8)12-7-2-1-3-10-4-7/h1-6H,(H,12,13).